The lowest BCUT2D eigenvalue weighted by Gasteiger charge is -2.37. The Morgan fingerprint density at radius 3 is 2.77 bits per heavy atom. The molecule has 4 aliphatic heterocycles. The summed E-state index contributed by atoms with van der Waals surface area (Å²) in [6, 6.07) is -0.794. The zero-order chi connectivity index (χ0) is 22.2. The molecular weight excluding hydrogens is 400 g/mol. The minimum absolute atomic E-state index is 0.0209. The van der Waals surface area contributed by atoms with Gasteiger partial charge in [0.25, 0.3) is 0 Å². The van der Waals surface area contributed by atoms with Crippen LogP contribution in [0.15, 0.2) is 24.3 Å². The molecule has 4 heterocycles. The second kappa shape index (κ2) is 8.74. The molecule has 4 aliphatic rings. The highest BCUT2D eigenvalue weighted by molar-refractivity contribution is 5.99. The number of carbonyl (C=O) groups is 3. The zero-order valence-electron chi connectivity index (χ0n) is 18.2. The number of ether oxygens (including phenoxy) is 2. The van der Waals surface area contributed by atoms with Gasteiger partial charge in [-0.05, 0) is 32.3 Å². The molecule has 0 radical (unpaired) electrons. The van der Waals surface area contributed by atoms with Crippen LogP contribution in [0, 0.1) is 11.8 Å². The van der Waals surface area contributed by atoms with Crippen molar-refractivity contribution in [2.45, 2.75) is 63.3 Å². The van der Waals surface area contributed by atoms with Gasteiger partial charge < -0.3 is 24.4 Å². The summed E-state index contributed by atoms with van der Waals surface area (Å²) in [5.41, 5.74) is -1.19. The van der Waals surface area contributed by atoms with Crippen LogP contribution in [0.5, 0.6) is 0 Å². The van der Waals surface area contributed by atoms with Gasteiger partial charge in [-0.15, -0.1) is 0 Å². The molecule has 2 amide bonds. The predicted molar refractivity (Wildman–Crippen MR) is 112 cm³/mol. The number of hydrogen-bond donors (Lipinski definition) is 1. The van der Waals surface area contributed by atoms with Crippen molar-refractivity contribution in [1.82, 2.24) is 9.80 Å². The molecule has 2 fully saturated rings. The van der Waals surface area contributed by atoms with Crippen molar-refractivity contribution in [3.63, 3.8) is 0 Å². The number of amides is 2. The van der Waals surface area contributed by atoms with Crippen molar-refractivity contribution >= 4 is 17.8 Å². The molecule has 0 aliphatic carbocycles. The predicted octanol–water partition coefficient (Wildman–Crippen LogP) is 1.04. The summed E-state index contributed by atoms with van der Waals surface area (Å²) >= 11 is 0. The highest BCUT2D eigenvalue weighted by atomic mass is 16.6. The lowest BCUT2D eigenvalue weighted by Crippen LogP contribution is -2.56. The van der Waals surface area contributed by atoms with Crippen molar-refractivity contribution < 1.29 is 29.0 Å². The molecule has 4 rings (SSSR count). The van der Waals surface area contributed by atoms with Crippen LogP contribution in [0.4, 0.5) is 0 Å². The third-order valence-electron chi connectivity index (χ3n) is 6.99. The van der Waals surface area contributed by atoms with E-state index in [0.717, 1.165) is 12.8 Å². The Morgan fingerprint density at radius 2 is 2.03 bits per heavy atom. The molecule has 8 heteroatoms. The van der Waals surface area contributed by atoms with E-state index in [0.29, 0.717) is 25.9 Å². The molecule has 0 aromatic heterocycles. The number of fused-ring (bicyclic) bond motifs is 2. The van der Waals surface area contributed by atoms with Crippen LogP contribution in [0.1, 0.15) is 39.5 Å². The number of esters is 1. The Labute approximate surface area is 182 Å². The quantitative estimate of drug-likeness (QED) is 0.367. The molecule has 31 heavy (non-hydrogen) atoms. The first kappa shape index (κ1) is 22.0. The molecule has 0 bridgehead atoms. The summed E-state index contributed by atoms with van der Waals surface area (Å²) in [7, 11) is 0. The minimum atomic E-state index is -1.19. The van der Waals surface area contributed by atoms with Gasteiger partial charge in [-0.2, -0.15) is 0 Å². The molecule has 2 saturated heterocycles. The third kappa shape index (κ3) is 3.49. The summed E-state index contributed by atoms with van der Waals surface area (Å²) in [5.74, 6) is -2.41. The smallest absolute Gasteiger partial charge is 0.313 e. The van der Waals surface area contributed by atoms with Gasteiger partial charge in [0.05, 0.1) is 12.0 Å². The molecule has 0 aromatic rings. The fourth-order valence-electron chi connectivity index (χ4n) is 5.59. The number of carbonyl (C=O) groups excluding carboxylic acids is 3. The number of likely N-dealkylation sites (tertiary alicyclic amines) is 1. The average molecular weight is 433 g/mol. The Balaban J connectivity index is 1.76. The van der Waals surface area contributed by atoms with E-state index >= 15 is 0 Å². The molecule has 170 valence electrons. The van der Waals surface area contributed by atoms with Gasteiger partial charge in [-0.1, -0.05) is 31.6 Å². The summed E-state index contributed by atoms with van der Waals surface area (Å²) in [6.07, 6.45) is 9.59. The average Bonchev–Trinajstić information content (AvgIpc) is 3.03. The summed E-state index contributed by atoms with van der Waals surface area (Å²) in [4.78, 5) is 43.7. The lowest BCUT2D eigenvalue weighted by molar-refractivity contribution is -0.153. The van der Waals surface area contributed by atoms with Crippen molar-refractivity contribution in [3.05, 3.63) is 24.3 Å². The minimum Gasteiger partial charge on any atom is -0.461 e. The number of rotatable bonds is 7. The van der Waals surface area contributed by atoms with Crippen LogP contribution in [-0.2, 0) is 23.9 Å². The normalized spacial score (nSPS) is 35.4. The van der Waals surface area contributed by atoms with E-state index in [9.17, 15) is 19.5 Å². The molecular formula is C23H32N2O6. The van der Waals surface area contributed by atoms with E-state index in [2.05, 4.69) is 6.92 Å². The molecule has 0 saturated carbocycles. The fourth-order valence-corrected chi connectivity index (χ4v) is 5.59. The Bertz CT molecular complexity index is 795. The van der Waals surface area contributed by atoms with E-state index in [1.165, 1.54) is 0 Å². The van der Waals surface area contributed by atoms with Crippen molar-refractivity contribution in [2.75, 3.05) is 26.3 Å². The molecule has 2 unspecified atom stereocenters. The first-order valence-electron chi connectivity index (χ1n) is 11.4. The number of aliphatic hydroxyl groups is 1. The first-order valence-corrected chi connectivity index (χ1v) is 11.4. The zero-order valence-corrected chi connectivity index (χ0v) is 18.2. The van der Waals surface area contributed by atoms with Crippen molar-refractivity contribution in [3.8, 4) is 0 Å². The van der Waals surface area contributed by atoms with Gasteiger partial charge in [0.15, 0.2) is 0 Å². The van der Waals surface area contributed by atoms with Crippen LogP contribution in [0.2, 0.25) is 0 Å². The summed E-state index contributed by atoms with van der Waals surface area (Å²) < 4.78 is 11.7. The van der Waals surface area contributed by atoms with Crippen LogP contribution in [0.3, 0.4) is 0 Å². The van der Waals surface area contributed by atoms with Crippen LogP contribution in [0.25, 0.3) is 0 Å². The molecule has 0 aromatic carbocycles. The number of cyclic esters (lactones) is 1. The summed E-state index contributed by atoms with van der Waals surface area (Å²) in [6.45, 7) is 5.07. The van der Waals surface area contributed by atoms with Crippen molar-refractivity contribution in [2.24, 2.45) is 11.8 Å². The van der Waals surface area contributed by atoms with Crippen LogP contribution < -0.4 is 0 Å². The molecule has 8 nitrogen and oxygen atoms in total. The largest absolute Gasteiger partial charge is 0.461 e. The fraction of sp³-hybridized carbons (Fsp3) is 0.696. The summed E-state index contributed by atoms with van der Waals surface area (Å²) in [5, 5.41) is 9.21. The van der Waals surface area contributed by atoms with Gasteiger partial charge in [0.1, 0.15) is 24.2 Å². The van der Waals surface area contributed by atoms with Crippen LogP contribution in [-0.4, -0.2) is 82.8 Å². The lowest BCUT2D eigenvalue weighted by atomic mass is 9.78. The standard InChI is InChI=1S/C23H32N2O6/c1-3-8-15(2)24-12-7-10-23-18(17-16(31-23)9-6-14-30-22(17)29)20(27)25(11-4-5-13-26)19(23)21(24)28/h6-7,9-10,15-19,26H,3-5,8,11-14H2,1-2H3/t15?,16-,17+,18+,19?,23+/m1/s1. The molecule has 6 atom stereocenters. The molecule has 1 N–H and O–H groups in total. The van der Waals surface area contributed by atoms with E-state index in [1.807, 2.05) is 24.0 Å². The maximum absolute atomic E-state index is 13.9. The number of nitrogens with zero attached hydrogens (tertiary/aromatic N) is 2. The van der Waals surface area contributed by atoms with E-state index in [-0.39, 0.29) is 31.1 Å². The van der Waals surface area contributed by atoms with Gasteiger partial charge in [-0.25, -0.2) is 0 Å². The monoisotopic (exact) mass is 432 g/mol. The van der Waals surface area contributed by atoms with Gasteiger partial charge in [0.2, 0.25) is 11.8 Å². The third-order valence-corrected chi connectivity index (χ3v) is 6.99. The number of unbranched alkanes of at least 4 members (excludes halogenated alkanes) is 1. The maximum Gasteiger partial charge on any atom is 0.313 e. The van der Waals surface area contributed by atoms with Gasteiger partial charge in [-0.3, -0.25) is 14.4 Å². The Hall–Kier alpha value is -2.19. The van der Waals surface area contributed by atoms with Gasteiger partial charge in [0, 0.05) is 25.7 Å². The first-order chi connectivity index (χ1) is 15.0. The Morgan fingerprint density at radius 1 is 1.23 bits per heavy atom. The highest BCUT2D eigenvalue weighted by Crippen LogP contribution is 2.53. The van der Waals surface area contributed by atoms with Crippen molar-refractivity contribution in [1.29, 1.82) is 0 Å². The van der Waals surface area contributed by atoms with E-state index in [4.69, 9.17) is 9.47 Å². The maximum atomic E-state index is 13.9. The number of hydrogen-bond acceptors (Lipinski definition) is 6. The SMILES string of the molecule is CCCC(C)N1CC=C[C@]23O[C@@H]4C=CCOC(=O)[C@@H]4[C@H]2C(=O)N(CCCCO)C3C1=O. The Kier molecular flexibility index (Phi) is 6.21. The second-order valence-electron chi connectivity index (χ2n) is 8.89. The topological polar surface area (TPSA) is 96.4 Å². The second-order valence-corrected chi connectivity index (χ2v) is 8.89. The van der Waals surface area contributed by atoms with Crippen LogP contribution >= 0.6 is 0 Å². The van der Waals surface area contributed by atoms with E-state index in [1.54, 1.807) is 17.1 Å². The van der Waals surface area contributed by atoms with Gasteiger partial charge >= 0.3 is 5.97 Å². The highest BCUT2D eigenvalue weighted by Gasteiger charge is 2.71. The molecule has 1 spiro atoms. The number of aliphatic hydroxyl groups excluding tert-OH is 1. The van der Waals surface area contributed by atoms with E-state index < -0.39 is 35.6 Å².